The number of nitrogens with one attached hydrogen (secondary N) is 1. The van der Waals surface area contributed by atoms with Gasteiger partial charge < -0.3 is 9.88 Å². The van der Waals surface area contributed by atoms with Gasteiger partial charge in [-0.05, 0) is 55.5 Å². The highest BCUT2D eigenvalue weighted by atomic mass is 16.1. The smallest absolute Gasteiger partial charge is 0.251 e. The number of carbonyl (C=O) groups is 1. The van der Waals surface area contributed by atoms with Crippen molar-refractivity contribution in [1.29, 1.82) is 0 Å². The molecule has 0 bridgehead atoms. The van der Waals surface area contributed by atoms with Crippen LogP contribution in [0.15, 0.2) is 36.4 Å². The first-order chi connectivity index (χ1) is 12.5. The van der Waals surface area contributed by atoms with Gasteiger partial charge in [0.25, 0.3) is 5.91 Å². The van der Waals surface area contributed by atoms with E-state index in [1.54, 1.807) is 0 Å². The number of carbonyl (C=O) groups excluding carboxylic acids is 1. The van der Waals surface area contributed by atoms with Crippen LogP contribution >= 0.6 is 0 Å². The van der Waals surface area contributed by atoms with E-state index in [1.165, 1.54) is 17.5 Å². The SMILES string of the molecule is Cc1ccc(C)c(CNC(=O)c2ccc3c(c2)nc2n3CC[C@@H](C)C2)c1. The zero-order chi connectivity index (χ0) is 18.3. The van der Waals surface area contributed by atoms with Crippen LogP contribution in [0.4, 0.5) is 0 Å². The third-order valence-electron chi connectivity index (χ3n) is 5.41. The number of hydrogen-bond acceptors (Lipinski definition) is 2. The van der Waals surface area contributed by atoms with Gasteiger partial charge >= 0.3 is 0 Å². The van der Waals surface area contributed by atoms with Gasteiger partial charge in [0.2, 0.25) is 0 Å². The van der Waals surface area contributed by atoms with Gasteiger partial charge in [-0.3, -0.25) is 4.79 Å². The molecule has 4 heteroatoms. The molecule has 1 aliphatic rings. The van der Waals surface area contributed by atoms with Crippen LogP contribution in [-0.2, 0) is 19.5 Å². The van der Waals surface area contributed by atoms with E-state index in [9.17, 15) is 4.79 Å². The van der Waals surface area contributed by atoms with Crippen molar-refractivity contribution < 1.29 is 4.79 Å². The number of nitrogens with zero attached hydrogens (tertiary/aromatic N) is 2. The molecule has 1 atom stereocenters. The average molecular weight is 347 g/mol. The van der Waals surface area contributed by atoms with Crippen molar-refractivity contribution in [1.82, 2.24) is 14.9 Å². The van der Waals surface area contributed by atoms with E-state index in [0.29, 0.717) is 18.0 Å². The van der Waals surface area contributed by atoms with Crippen LogP contribution < -0.4 is 5.32 Å². The minimum atomic E-state index is -0.0489. The molecule has 0 spiro atoms. The van der Waals surface area contributed by atoms with Crippen molar-refractivity contribution >= 4 is 16.9 Å². The fourth-order valence-electron chi connectivity index (χ4n) is 3.76. The van der Waals surface area contributed by atoms with Crippen molar-refractivity contribution in [2.75, 3.05) is 0 Å². The molecule has 0 saturated heterocycles. The number of amides is 1. The summed E-state index contributed by atoms with van der Waals surface area (Å²) in [5, 5.41) is 3.04. The predicted molar refractivity (Wildman–Crippen MR) is 104 cm³/mol. The lowest BCUT2D eigenvalue weighted by Crippen LogP contribution is -2.23. The fraction of sp³-hybridized carbons (Fsp3) is 0.364. The number of rotatable bonds is 3. The van der Waals surface area contributed by atoms with Crippen LogP contribution in [0.25, 0.3) is 11.0 Å². The van der Waals surface area contributed by atoms with Gasteiger partial charge in [-0.2, -0.15) is 0 Å². The van der Waals surface area contributed by atoms with Gasteiger partial charge in [0.1, 0.15) is 5.82 Å². The predicted octanol–water partition coefficient (Wildman–Crippen LogP) is 4.17. The second kappa shape index (κ2) is 6.60. The maximum absolute atomic E-state index is 12.6. The highest BCUT2D eigenvalue weighted by Crippen LogP contribution is 2.25. The molecule has 1 N–H and O–H groups in total. The minimum Gasteiger partial charge on any atom is -0.348 e. The monoisotopic (exact) mass is 347 g/mol. The van der Waals surface area contributed by atoms with Crippen LogP contribution in [0.5, 0.6) is 0 Å². The quantitative estimate of drug-likeness (QED) is 0.773. The molecule has 4 nitrogen and oxygen atoms in total. The molecular weight excluding hydrogens is 322 g/mol. The van der Waals surface area contributed by atoms with E-state index >= 15 is 0 Å². The maximum Gasteiger partial charge on any atom is 0.251 e. The molecule has 1 amide bonds. The Morgan fingerprint density at radius 1 is 1.23 bits per heavy atom. The van der Waals surface area contributed by atoms with Crippen LogP contribution in [0.1, 0.15) is 46.2 Å². The van der Waals surface area contributed by atoms with E-state index in [1.807, 2.05) is 18.2 Å². The third kappa shape index (κ3) is 3.12. The first-order valence-electron chi connectivity index (χ1n) is 9.35. The third-order valence-corrected chi connectivity index (χ3v) is 5.41. The molecule has 1 aromatic heterocycles. The van der Waals surface area contributed by atoms with Crippen LogP contribution in [0, 0.1) is 19.8 Å². The summed E-state index contributed by atoms with van der Waals surface area (Å²) < 4.78 is 2.30. The highest BCUT2D eigenvalue weighted by Gasteiger charge is 2.19. The Kier molecular flexibility index (Phi) is 4.27. The zero-order valence-electron chi connectivity index (χ0n) is 15.7. The summed E-state index contributed by atoms with van der Waals surface area (Å²) in [6, 6.07) is 12.2. The number of aromatic nitrogens is 2. The lowest BCUT2D eigenvalue weighted by Gasteiger charge is -2.20. The van der Waals surface area contributed by atoms with Gasteiger partial charge in [-0.25, -0.2) is 4.98 Å². The standard InChI is InChI=1S/C22H25N3O/c1-14-4-5-16(3)18(10-14)13-23-22(26)17-6-7-20-19(12-17)24-21-11-15(2)8-9-25(20)21/h4-7,10,12,15H,8-9,11,13H2,1-3H3,(H,23,26)/t15-/m1/s1. The summed E-state index contributed by atoms with van der Waals surface area (Å²) in [5.41, 5.74) is 6.30. The number of imidazole rings is 1. The second-order valence-corrected chi connectivity index (χ2v) is 7.59. The summed E-state index contributed by atoms with van der Waals surface area (Å²) in [4.78, 5) is 17.4. The lowest BCUT2D eigenvalue weighted by molar-refractivity contribution is 0.0951. The molecule has 2 heterocycles. The molecule has 0 saturated carbocycles. The first-order valence-corrected chi connectivity index (χ1v) is 9.35. The molecule has 26 heavy (non-hydrogen) atoms. The largest absolute Gasteiger partial charge is 0.348 e. The summed E-state index contributed by atoms with van der Waals surface area (Å²) in [6.45, 7) is 7.98. The van der Waals surface area contributed by atoms with E-state index in [2.05, 4.69) is 48.9 Å². The van der Waals surface area contributed by atoms with Gasteiger partial charge in [0.15, 0.2) is 0 Å². The van der Waals surface area contributed by atoms with Crippen LogP contribution in [0.2, 0.25) is 0 Å². The summed E-state index contributed by atoms with van der Waals surface area (Å²) in [6.07, 6.45) is 2.21. The van der Waals surface area contributed by atoms with Gasteiger partial charge in [-0.15, -0.1) is 0 Å². The Morgan fingerprint density at radius 3 is 2.92 bits per heavy atom. The normalized spacial score (nSPS) is 16.5. The average Bonchev–Trinajstić information content (AvgIpc) is 2.98. The van der Waals surface area contributed by atoms with Gasteiger partial charge in [0.05, 0.1) is 11.0 Å². The van der Waals surface area contributed by atoms with Crippen molar-refractivity contribution in [3.63, 3.8) is 0 Å². The molecule has 134 valence electrons. The van der Waals surface area contributed by atoms with E-state index in [-0.39, 0.29) is 5.91 Å². The number of benzene rings is 2. The van der Waals surface area contributed by atoms with Gasteiger partial charge in [-0.1, -0.05) is 30.7 Å². The topological polar surface area (TPSA) is 46.9 Å². The molecule has 1 aliphatic heterocycles. The van der Waals surface area contributed by atoms with Crippen molar-refractivity contribution in [2.45, 2.75) is 46.7 Å². The molecule has 2 aromatic carbocycles. The molecule has 0 radical (unpaired) electrons. The summed E-state index contributed by atoms with van der Waals surface area (Å²) >= 11 is 0. The van der Waals surface area contributed by atoms with E-state index < -0.39 is 0 Å². The van der Waals surface area contributed by atoms with E-state index in [0.717, 1.165) is 35.4 Å². The second-order valence-electron chi connectivity index (χ2n) is 7.59. The van der Waals surface area contributed by atoms with Crippen molar-refractivity contribution in [3.05, 3.63) is 64.5 Å². The molecular formula is C22H25N3O. The number of hydrogen-bond donors (Lipinski definition) is 1. The Hall–Kier alpha value is -2.62. The Bertz CT molecular complexity index is 986. The lowest BCUT2D eigenvalue weighted by atomic mass is 10.0. The Labute approximate surface area is 154 Å². The fourth-order valence-corrected chi connectivity index (χ4v) is 3.76. The molecule has 0 fully saturated rings. The zero-order valence-corrected chi connectivity index (χ0v) is 15.7. The minimum absolute atomic E-state index is 0.0489. The van der Waals surface area contributed by atoms with Crippen molar-refractivity contribution in [3.8, 4) is 0 Å². The highest BCUT2D eigenvalue weighted by molar-refractivity contribution is 5.97. The molecule has 0 aliphatic carbocycles. The van der Waals surface area contributed by atoms with Gasteiger partial charge in [0, 0.05) is 25.1 Å². The maximum atomic E-state index is 12.6. The van der Waals surface area contributed by atoms with Crippen molar-refractivity contribution in [2.24, 2.45) is 5.92 Å². The van der Waals surface area contributed by atoms with Crippen LogP contribution in [-0.4, -0.2) is 15.5 Å². The molecule has 4 rings (SSSR count). The summed E-state index contributed by atoms with van der Waals surface area (Å²) in [7, 11) is 0. The Balaban J connectivity index is 1.54. The number of aryl methyl sites for hydroxylation is 3. The number of fused-ring (bicyclic) bond motifs is 3. The molecule has 3 aromatic rings. The first kappa shape index (κ1) is 16.8. The van der Waals surface area contributed by atoms with E-state index in [4.69, 9.17) is 4.98 Å². The summed E-state index contributed by atoms with van der Waals surface area (Å²) in [5.74, 6) is 1.78. The Morgan fingerprint density at radius 2 is 2.08 bits per heavy atom. The van der Waals surface area contributed by atoms with Crippen LogP contribution in [0.3, 0.4) is 0 Å². The molecule has 0 unspecified atom stereocenters.